The van der Waals surface area contributed by atoms with Crippen LogP contribution in [0.15, 0.2) is 235 Å². The normalized spacial score (nSPS) is 11.6. The molecule has 0 spiro atoms. The molecule has 3 heteroatoms. The zero-order chi connectivity index (χ0) is 40.3. The van der Waals surface area contributed by atoms with E-state index in [0.717, 1.165) is 66.9 Å². The Morgan fingerprint density at radius 1 is 0.328 bits per heavy atom. The molecular formula is C58H38N2O. The third-order valence-corrected chi connectivity index (χ3v) is 12.2. The lowest BCUT2D eigenvalue weighted by Gasteiger charge is -2.26. The van der Waals surface area contributed by atoms with Crippen LogP contribution in [0.2, 0.25) is 0 Å². The maximum absolute atomic E-state index is 6.45. The van der Waals surface area contributed by atoms with Crippen LogP contribution in [0, 0.1) is 0 Å². The number of nitrogens with zero attached hydrogens (tertiary/aromatic N) is 2. The number of hydrogen-bond donors (Lipinski definition) is 0. The Balaban J connectivity index is 0.973. The molecule has 12 aromatic rings. The molecule has 0 unspecified atom stereocenters. The number of rotatable bonds is 7. The Morgan fingerprint density at radius 2 is 0.869 bits per heavy atom. The van der Waals surface area contributed by atoms with Crippen LogP contribution in [-0.4, -0.2) is 4.57 Å². The van der Waals surface area contributed by atoms with E-state index in [1.807, 2.05) is 12.1 Å². The molecule has 0 aliphatic rings. The smallest absolute Gasteiger partial charge is 0.143 e. The first-order valence-corrected chi connectivity index (χ1v) is 20.8. The summed E-state index contributed by atoms with van der Waals surface area (Å²) in [5, 5.41) is 7.24. The summed E-state index contributed by atoms with van der Waals surface area (Å²) in [5.74, 6) is 0. The number of aromatic nitrogens is 1. The molecule has 61 heavy (non-hydrogen) atoms. The molecule has 0 aliphatic heterocycles. The fourth-order valence-corrected chi connectivity index (χ4v) is 9.29. The number of anilines is 3. The predicted octanol–water partition coefficient (Wildman–Crippen LogP) is 16.3. The minimum Gasteiger partial charge on any atom is -0.455 e. The molecular weight excluding hydrogens is 741 g/mol. The van der Waals surface area contributed by atoms with Gasteiger partial charge in [0.25, 0.3) is 0 Å². The lowest BCUT2D eigenvalue weighted by atomic mass is 9.99. The van der Waals surface area contributed by atoms with Gasteiger partial charge in [-0.15, -0.1) is 0 Å². The Labute approximate surface area is 353 Å². The average Bonchev–Trinajstić information content (AvgIpc) is 3.88. The fourth-order valence-electron chi connectivity index (χ4n) is 9.29. The summed E-state index contributed by atoms with van der Waals surface area (Å²) in [5.41, 5.74) is 15.4. The summed E-state index contributed by atoms with van der Waals surface area (Å²) in [4.78, 5) is 2.36. The van der Waals surface area contributed by atoms with E-state index in [2.05, 4.69) is 228 Å². The van der Waals surface area contributed by atoms with Gasteiger partial charge in [-0.25, -0.2) is 0 Å². The number of furan rings is 1. The highest BCUT2D eigenvalue weighted by molar-refractivity contribution is 6.11. The summed E-state index contributed by atoms with van der Waals surface area (Å²) in [6, 6.07) is 82.9. The van der Waals surface area contributed by atoms with Crippen LogP contribution in [0.5, 0.6) is 0 Å². The van der Waals surface area contributed by atoms with E-state index in [-0.39, 0.29) is 0 Å². The Morgan fingerprint density at radius 3 is 1.62 bits per heavy atom. The lowest BCUT2D eigenvalue weighted by molar-refractivity contribution is 0.670. The van der Waals surface area contributed by atoms with Gasteiger partial charge in [0, 0.05) is 49.7 Å². The second kappa shape index (κ2) is 14.3. The number of hydrogen-bond acceptors (Lipinski definition) is 2. The zero-order valence-electron chi connectivity index (χ0n) is 33.2. The molecule has 2 aromatic heterocycles. The molecule has 0 atom stereocenters. The summed E-state index contributed by atoms with van der Waals surface area (Å²) < 4.78 is 8.85. The highest BCUT2D eigenvalue weighted by Gasteiger charge is 2.18. The summed E-state index contributed by atoms with van der Waals surface area (Å²) in [6.45, 7) is 0. The highest BCUT2D eigenvalue weighted by Crippen LogP contribution is 2.42. The van der Waals surface area contributed by atoms with Gasteiger partial charge in [0.1, 0.15) is 11.2 Å². The molecule has 0 bridgehead atoms. The molecule has 2 heterocycles. The molecule has 3 nitrogen and oxygen atoms in total. The van der Waals surface area contributed by atoms with Crippen molar-refractivity contribution in [2.75, 3.05) is 4.90 Å². The molecule has 0 fully saturated rings. The summed E-state index contributed by atoms with van der Waals surface area (Å²) >= 11 is 0. The van der Waals surface area contributed by atoms with Crippen LogP contribution in [0.25, 0.3) is 93.6 Å². The topological polar surface area (TPSA) is 21.3 Å². The van der Waals surface area contributed by atoms with E-state index in [4.69, 9.17) is 4.42 Å². The van der Waals surface area contributed by atoms with Gasteiger partial charge in [-0.1, -0.05) is 164 Å². The molecule has 0 N–H and O–H groups in total. The summed E-state index contributed by atoms with van der Waals surface area (Å²) in [6.07, 6.45) is 0. The quantitative estimate of drug-likeness (QED) is 0.161. The number of fused-ring (bicyclic) bond motifs is 7. The summed E-state index contributed by atoms with van der Waals surface area (Å²) in [7, 11) is 0. The van der Waals surface area contributed by atoms with Gasteiger partial charge in [-0.05, 0) is 99.8 Å². The van der Waals surface area contributed by atoms with Gasteiger partial charge in [0.15, 0.2) is 0 Å². The van der Waals surface area contributed by atoms with Crippen LogP contribution < -0.4 is 4.90 Å². The zero-order valence-corrected chi connectivity index (χ0v) is 33.2. The standard InChI is InChI=1S/C58H38N2O/c1-2-14-42-37-44(28-27-39(42)13-1)43-15-11-16-47(38-43)59(46-35-31-41(32-36-46)49-21-12-22-53-52-20-6-10-26-57(52)61-58(49)53)45-33-29-40(30-34-45)48-17-3-7-23-54(48)60-55-24-8-4-18-50(55)51-19-5-9-25-56(51)60/h1-38H. The highest BCUT2D eigenvalue weighted by atomic mass is 16.3. The molecule has 0 amide bonds. The van der Waals surface area contributed by atoms with Gasteiger partial charge >= 0.3 is 0 Å². The first kappa shape index (κ1) is 34.9. The van der Waals surface area contributed by atoms with E-state index in [0.29, 0.717) is 0 Å². The third-order valence-electron chi connectivity index (χ3n) is 12.2. The average molecular weight is 779 g/mol. The van der Waals surface area contributed by atoms with E-state index in [1.54, 1.807) is 0 Å². The molecule has 0 aliphatic carbocycles. The number of para-hydroxylation sites is 5. The van der Waals surface area contributed by atoms with Gasteiger partial charge < -0.3 is 13.9 Å². The minimum atomic E-state index is 0.903. The maximum Gasteiger partial charge on any atom is 0.143 e. The lowest BCUT2D eigenvalue weighted by Crippen LogP contribution is -2.10. The Bertz CT molecular complexity index is 3540. The van der Waals surface area contributed by atoms with Crippen molar-refractivity contribution >= 4 is 71.6 Å². The van der Waals surface area contributed by atoms with Crippen molar-refractivity contribution in [3.63, 3.8) is 0 Å². The van der Waals surface area contributed by atoms with Crippen molar-refractivity contribution in [3.05, 3.63) is 231 Å². The van der Waals surface area contributed by atoms with Crippen molar-refractivity contribution in [2.24, 2.45) is 0 Å². The van der Waals surface area contributed by atoms with Crippen LogP contribution in [-0.2, 0) is 0 Å². The Hall–Kier alpha value is -8.14. The predicted molar refractivity (Wildman–Crippen MR) is 257 cm³/mol. The van der Waals surface area contributed by atoms with E-state index >= 15 is 0 Å². The van der Waals surface area contributed by atoms with Crippen molar-refractivity contribution in [1.29, 1.82) is 0 Å². The minimum absolute atomic E-state index is 0.903. The van der Waals surface area contributed by atoms with E-state index in [1.165, 1.54) is 43.7 Å². The van der Waals surface area contributed by atoms with Crippen molar-refractivity contribution in [2.45, 2.75) is 0 Å². The molecule has 286 valence electrons. The molecule has 0 saturated heterocycles. The van der Waals surface area contributed by atoms with Gasteiger partial charge in [-0.2, -0.15) is 0 Å². The van der Waals surface area contributed by atoms with Crippen LogP contribution >= 0.6 is 0 Å². The van der Waals surface area contributed by atoms with Crippen LogP contribution in [0.3, 0.4) is 0 Å². The van der Waals surface area contributed by atoms with E-state index < -0.39 is 0 Å². The monoisotopic (exact) mass is 778 g/mol. The first-order chi connectivity index (χ1) is 30.2. The second-order valence-corrected chi connectivity index (χ2v) is 15.7. The third kappa shape index (κ3) is 5.90. The van der Waals surface area contributed by atoms with E-state index in [9.17, 15) is 0 Å². The van der Waals surface area contributed by atoms with Crippen LogP contribution in [0.4, 0.5) is 17.1 Å². The largest absolute Gasteiger partial charge is 0.455 e. The Kier molecular flexibility index (Phi) is 8.17. The molecule has 0 radical (unpaired) electrons. The first-order valence-electron chi connectivity index (χ1n) is 20.8. The fraction of sp³-hybridized carbons (Fsp3) is 0. The molecule has 10 aromatic carbocycles. The molecule has 12 rings (SSSR count). The van der Waals surface area contributed by atoms with Gasteiger partial charge in [0.2, 0.25) is 0 Å². The van der Waals surface area contributed by atoms with Crippen molar-refractivity contribution < 1.29 is 4.42 Å². The number of benzene rings is 10. The maximum atomic E-state index is 6.45. The SMILES string of the molecule is c1cc(-c2ccc3ccccc3c2)cc(N(c2ccc(-c3ccccc3-n3c4ccccc4c4ccccc43)cc2)c2ccc(-c3cccc4c3oc3ccccc34)cc2)c1. The van der Waals surface area contributed by atoms with Gasteiger partial charge in [0.05, 0.1) is 16.7 Å². The van der Waals surface area contributed by atoms with Crippen molar-refractivity contribution in [3.8, 4) is 39.1 Å². The van der Waals surface area contributed by atoms with Crippen molar-refractivity contribution in [1.82, 2.24) is 4.57 Å². The molecule has 0 saturated carbocycles. The second-order valence-electron chi connectivity index (χ2n) is 15.7. The van der Waals surface area contributed by atoms with Crippen LogP contribution in [0.1, 0.15) is 0 Å². The van der Waals surface area contributed by atoms with Gasteiger partial charge in [-0.3, -0.25) is 0 Å².